The van der Waals surface area contributed by atoms with Crippen molar-refractivity contribution in [3.8, 4) is 11.3 Å². The van der Waals surface area contributed by atoms with Gasteiger partial charge in [-0.3, -0.25) is 9.69 Å². The highest BCUT2D eigenvalue weighted by Crippen LogP contribution is 2.38. The summed E-state index contributed by atoms with van der Waals surface area (Å²) in [6.45, 7) is 2.12. The van der Waals surface area contributed by atoms with Crippen molar-refractivity contribution < 1.29 is 4.79 Å². The number of thiazole rings is 1. The van der Waals surface area contributed by atoms with Gasteiger partial charge in [0, 0.05) is 21.9 Å². The van der Waals surface area contributed by atoms with Gasteiger partial charge < -0.3 is 0 Å². The Kier molecular flexibility index (Phi) is 6.94. The van der Waals surface area contributed by atoms with Crippen LogP contribution in [-0.2, 0) is 17.6 Å². The van der Waals surface area contributed by atoms with E-state index in [0.29, 0.717) is 23.0 Å². The summed E-state index contributed by atoms with van der Waals surface area (Å²) in [7, 11) is 0. The molecular weight excluding hydrogens is 472 g/mol. The number of fused-ring (bicyclic) bond motifs is 1. The molecule has 0 unspecified atom stereocenters. The third-order valence-corrected chi connectivity index (χ3v) is 7.46. The summed E-state index contributed by atoms with van der Waals surface area (Å²) in [5.41, 5.74) is 3.89. The zero-order chi connectivity index (χ0) is 24.2. The summed E-state index contributed by atoms with van der Waals surface area (Å²) in [5, 5.41) is 3.62. The highest BCUT2D eigenvalue weighted by Gasteiger charge is 2.24. The Balaban J connectivity index is 1.56. The van der Waals surface area contributed by atoms with Crippen molar-refractivity contribution >= 4 is 50.4 Å². The minimum Gasteiger partial charge on any atom is -0.274 e. The zero-order valence-electron chi connectivity index (χ0n) is 19.4. The average molecular weight is 497 g/mol. The maximum Gasteiger partial charge on any atom is 0.233 e. The second kappa shape index (κ2) is 10.4. The Morgan fingerprint density at radius 1 is 0.886 bits per heavy atom. The standard InChI is InChI=1S/C30H25ClN2OS/c1-2-27-29(23-13-16-25(31)17-14-23)32-30(35-27)33(28(34)19-12-21-8-4-3-5-9-21)26-18-15-22-10-6-7-11-24(22)20-26/h3-11,13-18,20H,2,12,19H2,1H3. The number of hydrogen-bond donors (Lipinski definition) is 0. The second-order valence-corrected chi connectivity index (χ2v) is 9.87. The molecule has 0 saturated heterocycles. The molecule has 5 aromatic rings. The zero-order valence-corrected chi connectivity index (χ0v) is 21.0. The number of carbonyl (C=O) groups excluding carboxylic acids is 1. The first-order chi connectivity index (χ1) is 17.1. The van der Waals surface area contributed by atoms with Gasteiger partial charge in [0.1, 0.15) is 0 Å². The first-order valence-corrected chi connectivity index (χ1v) is 12.9. The number of hydrogen-bond acceptors (Lipinski definition) is 3. The fraction of sp³-hybridized carbons (Fsp3) is 0.133. The Morgan fingerprint density at radius 2 is 1.60 bits per heavy atom. The number of anilines is 2. The Morgan fingerprint density at radius 3 is 2.34 bits per heavy atom. The van der Waals surface area contributed by atoms with Gasteiger partial charge in [-0.25, -0.2) is 4.98 Å². The molecule has 35 heavy (non-hydrogen) atoms. The maximum atomic E-state index is 13.7. The van der Waals surface area contributed by atoms with Crippen molar-refractivity contribution in [2.75, 3.05) is 4.90 Å². The van der Waals surface area contributed by atoms with E-state index in [2.05, 4.69) is 43.3 Å². The monoisotopic (exact) mass is 496 g/mol. The van der Waals surface area contributed by atoms with E-state index in [1.807, 2.05) is 60.7 Å². The van der Waals surface area contributed by atoms with Crippen LogP contribution in [0.4, 0.5) is 10.8 Å². The molecule has 0 saturated carbocycles. The van der Waals surface area contributed by atoms with Gasteiger partial charge in [-0.2, -0.15) is 0 Å². The van der Waals surface area contributed by atoms with Gasteiger partial charge >= 0.3 is 0 Å². The normalized spacial score (nSPS) is 11.0. The number of nitrogens with zero attached hydrogens (tertiary/aromatic N) is 2. The fourth-order valence-electron chi connectivity index (χ4n) is 4.19. The van der Waals surface area contributed by atoms with E-state index in [-0.39, 0.29) is 5.91 Å². The number of carbonyl (C=O) groups is 1. The molecule has 0 aliphatic rings. The smallest absolute Gasteiger partial charge is 0.233 e. The maximum absolute atomic E-state index is 13.7. The van der Waals surface area contributed by atoms with Gasteiger partial charge in [-0.1, -0.05) is 91.3 Å². The summed E-state index contributed by atoms with van der Waals surface area (Å²) in [6.07, 6.45) is 1.91. The molecule has 1 aromatic heterocycles. The summed E-state index contributed by atoms with van der Waals surface area (Å²) in [5.74, 6) is 0.0307. The van der Waals surface area contributed by atoms with Crippen LogP contribution >= 0.6 is 22.9 Å². The molecule has 0 aliphatic heterocycles. The van der Waals surface area contributed by atoms with Crippen LogP contribution in [0, 0.1) is 0 Å². The first-order valence-electron chi connectivity index (χ1n) is 11.7. The van der Waals surface area contributed by atoms with Crippen LogP contribution in [-0.4, -0.2) is 10.9 Å². The lowest BCUT2D eigenvalue weighted by Gasteiger charge is -2.21. The third kappa shape index (κ3) is 5.14. The molecule has 0 bridgehead atoms. The van der Waals surface area contributed by atoms with E-state index in [0.717, 1.165) is 44.6 Å². The molecule has 0 fully saturated rings. The van der Waals surface area contributed by atoms with Gasteiger partial charge in [0.05, 0.1) is 11.4 Å². The molecule has 0 spiro atoms. The Hall–Kier alpha value is -3.47. The van der Waals surface area contributed by atoms with E-state index in [9.17, 15) is 4.79 Å². The average Bonchev–Trinajstić information content (AvgIpc) is 3.32. The molecule has 3 nitrogen and oxygen atoms in total. The number of amides is 1. The van der Waals surface area contributed by atoms with E-state index in [1.165, 1.54) is 0 Å². The predicted octanol–water partition coefficient (Wildman–Crippen LogP) is 8.48. The predicted molar refractivity (Wildman–Crippen MR) is 148 cm³/mol. The molecule has 0 radical (unpaired) electrons. The summed E-state index contributed by atoms with van der Waals surface area (Å²) < 4.78 is 0. The molecule has 1 amide bonds. The minimum atomic E-state index is 0.0307. The van der Waals surface area contributed by atoms with Gasteiger partial charge in [0.2, 0.25) is 5.91 Å². The fourth-order valence-corrected chi connectivity index (χ4v) is 5.38. The van der Waals surface area contributed by atoms with E-state index >= 15 is 0 Å². The lowest BCUT2D eigenvalue weighted by atomic mass is 10.1. The van der Waals surface area contributed by atoms with Crippen molar-refractivity contribution in [1.29, 1.82) is 0 Å². The lowest BCUT2D eigenvalue weighted by molar-refractivity contribution is -0.117. The molecule has 5 heteroatoms. The summed E-state index contributed by atoms with van der Waals surface area (Å²) >= 11 is 7.69. The van der Waals surface area contributed by atoms with Gasteiger partial charge in [-0.15, -0.1) is 11.3 Å². The van der Waals surface area contributed by atoms with Crippen LogP contribution in [0.25, 0.3) is 22.0 Å². The Labute approximate surface area is 214 Å². The largest absolute Gasteiger partial charge is 0.274 e. The summed E-state index contributed by atoms with van der Waals surface area (Å²) in [6, 6.07) is 32.2. The van der Waals surface area contributed by atoms with Crippen LogP contribution < -0.4 is 4.90 Å². The van der Waals surface area contributed by atoms with Crippen molar-refractivity contribution in [1.82, 2.24) is 4.98 Å². The van der Waals surface area contributed by atoms with Gasteiger partial charge in [-0.05, 0) is 53.4 Å². The second-order valence-electron chi connectivity index (χ2n) is 8.37. The molecule has 1 heterocycles. The molecule has 4 aromatic carbocycles. The molecule has 0 atom stereocenters. The number of aryl methyl sites for hydroxylation is 2. The molecule has 0 N–H and O–H groups in total. The summed E-state index contributed by atoms with van der Waals surface area (Å²) in [4.78, 5) is 21.6. The molecule has 174 valence electrons. The highest BCUT2D eigenvalue weighted by molar-refractivity contribution is 7.16. The van der Waals surface area contributed by atoms with E-state index < -0.39 is 0 Å². The quantitative estimate of drug-likeness (QED) is 0.226. The van der Waals surface area contributed by atoms with Crippen LogP contribution in [0.15, 0.2) is 97.1 Å². The molecule has 5 rings (SSSR count). The Bertz CT molecular complexity index is 1460. The lowest BCUT2D eigenvalue weighted by Crippen LogP contribution is -2.26. The number of aromatic nitrogens is 1. The number of rotatable bonds is 7. The molecule has 0 aliphatic carbocycles. The number of halogens is 1. The van der Waals surface area contributed by atoms with E-state index in [1.54, 1.807) is 16.2 Å². The van der Waals surface area contributed by atoms with Gasteiger partial charge in [0.15, 0.2) is 5.13 Å². The molecular formula is C30H25ClN2OS. The minimum absolute atomic E-state index is 0.0307. The topological polar surface area (TPSA) is 33.2 Å². The van der Waals surface area contributed by atoms with Crippen LogP contribution in [0.1, 0.15) is 23.8 Å². The third-order valence-electron chi connectivity index (χ3n) is 6.03. The van der Waals surface area contributed by atoms with Crippen molar-refractivity contribution in [2.24, 2.45) is 0 Å². The van der Waals surface area contributed by atoms with Crippen molar-refractivity contribution in [3.05, 3.63) is 113 Å². The van der Waals surface area contributed by atoms with Gasteiger partial charge in [0.25, 0.3) is 0 Å². The van der Waals surface area contributed by atoms with E-state index in [4.69, 9.17) is 16.6 Å². The number of benzene rings is 4. The first kappa shape index (κ1) is 23.3. The highest BCUT2D eigenvalue weighted by atomic mass is 35.5. The van der Waals surface area contributed by atoms with Crippen LogP contribution in [0.3, 0.4) is 0 Å². The SMILES string of the molecule is CCc1sc(N(C(=O)CCc2ccccc2)c2ccc3ccccc3c2)nc1-c1ccc(Cl)cc1. The van der Waals surface area contributed by atoms with Crippen molar-refractivity contribution in [2.45, 2.75) is 26.2 Å². The van der Waals surface area contributed by atoms with Crippen LogP contribution in [0.2, 0.25) is 5.02 Å². The van der Waals surface area contributed by atoms with Crippen LogP contribution in [0.5, 0.6) is 0 Å². The van der Waals surface area contributed by atoms with Crippen molar-refractivity contribution in [3.63, 3.8) is 0 Å².